The third kappa shape index (κ3) is 2.69. The summed E-state index contributed by atoms with van der Waals surface area (Å²) in [6.45, 7) is 1.58. The van der Waals surface area contributed by atoms with Gasteiger partial charge in [-0.3, -0.25) is 20.3 Å². The number of halogens is 1. The minimum Gasteiger partial charge on any atom is -0.275 e. The summed E-state index contributed by atoms with van der Waals surface area (Å²) in [6, 6.07) is 6.87. The Kier molecular flexibility index (Phi) is 3.69. The van der Waals surface area contributed by atoms with Gasteiger partial charge in [-0.05, 0) is 37.3 Å². The van der Waals surface area contributed by atoms with Crippen molar-refractivity contribution in [2.45, 2.75) is 6.92 Å². The fraction of sp³-hybridized carbons (Fsp3) is 0.125. The van der Waals surface area contributed by atoms with E-state index in [2.05, 4.69) is 15.8 Å². The summed E-state index contributed by atoms with van der Waals surface area (Å²) in [5, 5.41) is 8.22. The summed E-state index contributed by atoms with van der Waals surface area (Å²) >= 11 is 1.19. The zero-order valence-corrected chi connectivity index (χ0v) is 14.3. The highest BCUT2D eigenvalue weighted by Crippen LogP contribution is 2.30. The lowest BCUT2D eigenvalue weighted by atomic mass is 10.3. The van der Waals surface area contributed by atoms with Crippen molar-refractivity contribution in [1.82, 2.24) is 25.5 Å². The maximum absolute atomic E-state index is 13.1. The van der Waals surface area contributed by atoms with Crippen molar-refractivity contribution in [1.29, 1.82) is 0 Å². The van der Waals surface area contributed by atoms with Crippen LogP contribution in [0.1, 0.15) is 15.4 Å². The van der Waals surface area contributed by atoms with Crippen LogP contribution in [0.3, 0.4) is 0 Å². The third-order valence-electron chi connectivity index (χ3n) is 3.87. The summed E-state index contributed by atoms with van der Waals surface area (Å²) in [5.74, 6) is -1.32. The largest absolute Gasteiger partial charge is 0.343 e. The van der Waals surface area contributed by atoms with Crippen molar-refractivity contribution in [2.75, 3.05) is 6.54 Å². The molecule has 132 valence electrons. The van der Waals surface area contributed by atoms with Crippen molar-refractivity contribution in [3.05, 3.63) is 46.7 Å². The Hall–Kier alpha value is -3.27. The summed E-state index contributed by atoms with van der Waals surface area (Å²) in [5.41, 5.74) is 3.79. The normalized spacial score (nSPS) is 14.2. The van der Waals surface area contributed by atoms with Gasteiger partial charge in [0.15, 0.2) is 0 Å². The molecule has 0 spiro atoms. The van der Waals surface area contributed by atoms with E-state index >= 15 is 0 Å². The monoisotopic (exact) mass is 373 g/mol. The molecule has 0 radical (unpaired) electrons. The molecule has 2 aromatic heterocycles. The number of imide groups is 1. The smallest absolute Gasteiger partial charge is 0.275 e. The Morgan fingerprint density at radius 1 is 1.31 bits per heavy atom. The number of aryl methyl sites for hydroxylation is 1. The molecular formula is C16H12FN5O3S. The van der Waals surface area contributed by atoms with Gasteiger partial charge in [-0.1, -0.05) is 0 Å². The van der Waals surface area contributed by atoms with Crippen LogP contribution in [0.4, 0.5) is 9.18 Å². The minimum absolute atomic E-state index is 0.224. The highest BCUT2D eigenvalue weighted by Gasteiger charge is 2.29. The average molecular weight is 373 g/mol. The van der Waals surface area contributed by atoms with Crippen LogP contribution < -0.4 is 10.7 Å². The first-order chi connectivity index (χ1) is 12.4. The van der Waals surface area contributed by atoms with Gasteiger partial charge in [0.1, 0.15) is 17.2 Å². The van der Waals surface area contributed by atoms with Gasteiger partial charge < -0.3 is 0 Å². The molecule has 0 saturated carbocycles. The number of amides is 4. The van der Waals surface area contributed by atoms with E-state index in [0.29, 0.717) is 16.3 Å². The number of hydrazine groups is 1. The molecule has 3 heterocycles. The first kappa shape index (κ1) is 16.2. The predicted octanol–water partition coefficient (Wildman–Crippen LogP) is 1.73. The van der Waals surface area contributed by atoms with Gasteiger partial charge in [-0.15, -0.1) is 11.3 Å². The zero-order valence-electron chi connectivity index (χ0n) is 13.4. The third-order valence-corrected chi connectivity index (χ3v) is 4.98. The molecule has 1 fully saturated rings. The standard InChI is InChI=1S/C16H12FN5O3S/c1-8-11-6-12(14(24)20-21-7-13(23)18-16(21)25)26-15(11)22(19-8)10-4-2-9(17)3-5-10/h2-6H,7H2,1H3,(H,20,24)(H,18,23,25). The van der Waals surface area contributed by atoms with Crippen molar-refractivity contribution in [3.8, 4) is 5.69 Å². The number of fused-ring (bicyclic) bond motifs is 1. The quantitative estimate of drug-likeness (QED) is 0.684. The van der Waals surface area contributed by atoms with Gasteiger partial charge in [-0.2, -0.15) is 5.10 Å². The van der Waals surface area contributed by atoms with Gasteiger partial charge in [0, 0.05) is 5.39 Å². The number of carbonyl (C=O) groups is 3. The maximum atomic E-state index is 13.1. The Morgan fingerprint density at radius 3 is 2.69 bits per heavy atom. The lowest BCUT2D eigenvalue weighted by Gasteiger charge is -2.13. The van der Waals surface area contributed by atoms with E-state index in [-0.39, 0.29) is 12.4 Å². The second-order valence-electron chi connectivity index (χ2n) is 5.68. The molecule has 1 aliphatic rings. The molecule has 0 aliphatic carbocycles. The van der Waals surface area contributed by atoms with E-state index in [9.17, 15) is 18.8 Å². The van der Waals surface area contributed by atoms with Crippen LogP contribution in [0.5, 0.6) is 0 Å². The van der Waals surface area contributed by atoms with Crippen LogP contribution in [0.2, 0.25) is 0 Å². The number of aromatic nitrogens is 2. The molecule has 10 heteroatoms. The van der Waals surface area contributed by atoms with E-state index < -0.39 is 17.8 Å². The van der Waals surface area contributed by atoms with Crippen LogP contribution >= 0.6 is 11.3 Å². The molecule has 3 aromatic rings. The Labute approximate surface area is 150 Å². The van der Waals surface area contributed by atoms with Gasteiger partial charge >= 0.3 is 6.03 Å². The second kappa shape index (κ2) is 5.92. The number of nitrogens with one attached hydrogen (secondary N) is 2. The molecule has 4 amide bonds. The number of urea groups is 1. The number of benzene rings is 1. The predicted molar refractivity (Wildman–Crippen MR) is 91.4 cm³/mol. The number of rotatable bonds is 3. The molecule has 0 bridgehead atoms. The molecule has 4 rings (SSSR count). The molecule has 0 atom stereocenters. The van der Waals surface area contributed by atoms with Crippen LogP contribution in [0.25, 0.3) is 15.9 Å². The van der Waals surface area contributed by atoms with Gasteiger partial charge in [0.25, 0.3) is 5.91 Å². The fourth-order valence-corrected chi connectivity index (χ4v) is 3.70. The molecule has 1 aliphatic heterocycles. The first-order valence-corrected chi connectivity index (χ1v) is 8.41. The summed E-state index contributed by atoms with van der Waals surface area (Å²) < 4.78 is 14.8. The van der Waals surface area contributed by atoms with E-state index in [1.807, 2.05) is 6.92 Å². The molecule has 1 aromatic carbocycles. The lowest BCUT2D eigenvalue weighted by molar-refractivity contribution is -0.118. The number of hydrogen-bond donors (Lipinski definition) is 2. The summed E-state index contributed by atoms with van der Waals surface area (Å²) in [7, 11) is 0. The van der Waals surface area contributed by atoms with E-state index in [1.165, 1.54) is 23.5 Å². The molecule has 1 saturated heterocycles. The number of carbonyl (C=O) groups excluding carboxylic acids is 3. The van der Waals surface area contributed by atoms with E-state index in [0.717, 1.165) is 15.2 Å². The van der Waals surface area contributed by atoms with Crippen molar-refractivity contribution < 1.29 is 18.8 Å². The number of nitrogens with zero attached hydrogens (tertiary/aromatic N) is 3. The molecule has 2 N–H and O–H groups in total. The Balaban J connectivity index is 1.66. The Bertz CT molecular complexity index is 1060. The van der Waals surface area contributed by atoms with Crippen LogP contribution in [0.15, 0.2) is 30.3 Å². The topological polar surface area (TPSA) is 96.3 Å². The average Bonchev–Trinajstić information content (AvgIpc) is 3.24. The molecule has 0 unspecified atom stereocenters. The number of hydrogen-bond acceptors (Lipinski definition) is 5. The summed E-state index contributed by atoms with van der Waals surface area (Å²) in [4.78, 5) is 36.2. The zero-order chi connectivity index (χ0) is 18.4. The van der Waals surface area contributed by atoms with Gasteiger partial charge in [0.05, 0.1) is 16.3 Å². The van der Waals surface area contributed by atoms with Crippen molar-refractivity contribution in [3.63, 3.8) is 0 Å². The summed E-state index contributed by atoms with van der Waals surface area (Å²) in [6.07, 6.45) is 0. The van der Waals surface area contributed by atoms with Gasteiger partial charge in [0.2, 0.25) is 5.91 Å². The Morgan fingerprint density at radius 2 is 2.04 bits per heavy atom. The van der Waals surface area contributed by atoms with Crippen LogP contribution in [0, 0.1) is 12.7 Å². The minimum atomic E-state index is -0.668. The van der Waals surface area contributed by atoms with Crippen LogP contribution in [-0.2, 0) is 4.79 Å². The highest BCUT2D eigenvalue weighted by molar-refractivity contribution is 7.20. The van der Waals surface area contributed by atoms with Gasteiger partial charge in [-0.25, -0.2) is 18.9 Å². The second-order valence-corrected chi connectivity index (χ2v) is 6.71. The highest BCUT2D eigenvalue weighted by atomic mass is 32.1. The SMILES string of the molecule is Cc1nn(-c2ccc(F)cc2)c2sc(C(=O)NN3CC(=O)NC3=O)cc12. The molecular weight excluding hydrogens is 361 g/mol. The van der Waals surface area contributed by atoms with Crippen LogP contribution in [-0.4, -0.2) is 39.2 Å². The fourth-order valence-electron chi connectivity index (χ4n) is 2.63. The number of thiophene rings is 1. The van der Waals surface area contributed by atoms with Crippen molar-refractivity contribution >= 4 is 39.4 Å². The molecule has 26 heavy (non-hydrogen) atoms. The van der Waals surface area contributed by atoms with Crippen molar-refractivity contribution in [2.24, 2.45) is 0 Å². The lowest BCUT2D eigenvalue weighted by Crippen LogP contribution is -2.43. The molecule has 8 nitrogen and oxygen atoms in total. The first-order valence-electron chi connectivity index (χ1n) is 7.60. The van der Waals surface area contributed by atoms with E-state index in [1.54, 1.807) is 22.9 Å². The maximum Gasteiger partial charge on any atom is 0.343 e. The van der Waals surface area contributed by atoms with E-state index in [4.69, 9.17) is 0 Å².